The molecule has 1 aromatic rings. The molecular formula is C10H16N2OS. The van der Waals surface area contributed by atoms with Crippen LogP contribution in [0, 0.1) is 5.92 Å². The molecule has 1 unspecified atom stereocenters. The van der Waals surface area contributed by atoms with Gasteiger partial charge in [-0.1, -0.05) is 0 Å². The first-order valence-corrected chi connectivity index (χ1v) is 6.01. The standard InChI is InChI=1S/C10H16N2OS/c13-9(7-10-12-5-6-14-10)8-1-3-11-4-2-8/h5-6,8-9,11,13H,1-4,7H2. The van der Waals surface area contributed by atoms with Gasteiger partial charge in [0.2, 0.25) is 0 Å². The molecule has 78 valence electrons. The lowest BCUT2D eigenvalue weighted by atomic mass is 9.91. The Morgan fingerprint density at radius 3 is 3.00 bits per heavy atom. The second-order valence-electron chi connectivity index (χ2n) is 3.78. The Morgan fingerprint density at radius 2 is 2.36 bits per heavy atom. The summed E-state index contributed by atoms with van der Waals surface area (Å²) in [6.07, 6.45) is 4.50. The normalized spacial score (nSPS) is 20.9. The van der Waals surface area contributed by atoms with Crippen LogP contribution in [0.2, 0.25) is 0 Å². The number of rotatable bonds is 3. The lowest BCUT2D eigenvalue weighted by Gasteiger charge is -2.26. The van der Waals surface area contributed by atoms with Gasteiger partial charge in [-0.3, -0.25) is 0 Å². The van der Waals surface area contributed by atoms with Crippen LogP contribution in [-0.4, -0.2) is 29.3 Å². The smallest absolute Gasteiger partial charge is 0.0950 e. The highest BCUT2D eigenvalue weighted by Gasteiger charge is 2.22. The third kappa shape index (κ3) is 2.53. The minimum atomic E-state index is -0.205. The zero-order valence-electron chi connectivity index (χ0n) is 8.15. The summed E-state index contributed by atoms with van der Waals surface area (Å²) in [5.74, 6) is 0.458. The van der Waals surface area contributed by atoms with Crippen molar-refractivity contribution in [2.75, 3.05) is 13.1 Å². The van der Waals surface area contributed by atoms with Crippen LogP contribution in [0.25, 0.3) is 0 Å². The molecule has 1 aliphatic rings. The third-order valence-corrected chi connectivity index (χ3v) is 3.60. The van der Waals surface area contributed by atoms with Gasteiger partial charge in [0.25, 0.3) is 0 Å². The number of nitrogens with one attached hydrogen (secondary N) is 1. The summed E-state index contributed by atoms with van der Waals surface area (Å²) in [6, 6.07) is 0. The van der Waals surface area contributed by atoms with E-state index in [1.807, 2.05) is 5.38 Å². The van der Waals surface area contributed by atoms with Crippen molar-refractivity contribution in [1.82, 2.24) is 10.3 Å². The number of piperidine rings is 1. The van der Waals surface area contributed by atoms with E-state index in [1.165, 1.54) is 0 Å². The number of hydrogen-bond acceptors (Lipinski definition) is 4. The van der Waals surface area contributed by atoms with Gasteiger partial charge < -0.3 is 10.4 Å². The minimum absolute atomic E-state index is 0.205. The fraction of sp³-hybridized carbons (Fsp3) is 0.700. The van der Waals surface area contributed by atoms with Crippen LogP contribution >= 0.6 is 11.3 Å². The zero-order chi connectivity index (χ0) is 9.80. The largest absolute Gasteiger partial charge is 0.392 e. The van der Waals surface area contributed by atoms with Gasteiger partial charge in [0.05, 0.1) is 11.1 Å². The number of aromatic nitrogens is 1. The lowest BCUT2D eigenvalue weighted by Crippen LogP contribution is -2.34. The number of aliphatic hydroxyl groups excluding tert-OH is 1. The van der Waals surface area contributed by atoms with Gasteiger partial charge in [0.15, 0.2) is 0 Å². The molecule has 0 spiro atoms. The molecule has 4 heteroatoms. The second-order valence-corrected chi connectivity index (χ2v) is 4.76. The number of aliphatic hydroxyl groups is 1. The fourth-order valence-corrected chi connectivity index (χ4v) is 2.60. The van der Waals surface area contributed by atoms with Crippen LogP contribution in [-0.2, 0) is 6.42 Å². The van der Waals surface area contributed by atoms with Crippen LogP contribution in [0.1, 0.15) is 17.8 Å². The van der Waals surface area contributed by atoms with Crippen molar-refractivity contribution >= 4 is 11.3 Å². The molecule has 3 nitrogen and oxygen atoms in total. The first-order valence-electron chi connectivity index (χ1n) is 5.13. The Bertz CT molecular complexity index is 257. The van der Waals surface area contributed by atoms with Gasteiger partial charge in [-0.2, -0.15) is 0 Å². The maximum atomic E-state index is 9.98. The summed E-state index contributed by atoms with van der Waals surface area (Å²) < 4.78 is 0. The quantitative estimate of drug-likeness (QED) is 0.787. The Hall–Kier alpha value is -0.450. The molecule has 1 fully saturated rings. The number of nitrogens with zero attached hydrogens (tertiary/aromatic N) is 1. The van der Waals surface area contributed by atoms with Crippen LogP contribution in [0.3, 0.4) is 0 Å². The van der Waals surface area contributed by atoms with Gasteiger partial charge in [-0.25, -0.2) is 4.98 Å². The van der Waals surface area contributed by atoms with Crippen molar-refractivity contribution < 1.29 is 5.11 Å². The topological polar surface area (TPSA) is 45.2 Å². The first-order chi connectivity index (χ1) is 6.86. The monoisotopic (exact) mass is 212 g/mol. The van der Waals surface area contributed by atoms with Crippen LogP contribution in [0.4, 0.5) is 0 Å². The second kappa shape index (κ2) is 4.87. The fourth-order valence-electron chi connectivity index (χ4n) is 1.93. The van der Waals surface area contributed by atoms with Gasteiger partial charge in [0, 0.05) is 18.0 Å². The highest BCUT2D eigenvalue weighted by atomic mass is 32.1. The van der Waals surface area contributed by atoms with Crippen molar-refractivity contribution in [2.45, 2.75) is 25.4 Å². The molecule has 1 aliphatic heterocycles. The molecule has 0 radical (unpaired) electrons. The summed E-state index contributed by atoms with van der Waals surface area (Å²) in [5.41, 5.74) is 0. The molecule has 1 saturated heterocycles. The molecular weight excluding hydrogens is 196 g/mol. The zero-order valence-corrected chi connectivity index (χ0v) is 8.96. The molecule has 2 rings (SSSR count). The predicted octanol–water partition coefficient (Wildman–Crippen LogP) is 1.05. The van der Waals surface area contributed by atoms with E-state index in [2.05, 4.69) is 10.3 Å². The molecule has 1 atom stereocenters. The van der Waals surface area contributed by atoms with Gasteiger partial charge in [-0.15, -0.1) is 11.3 Å². The van der Waals surface area contributed by atoms with E-state index in [9.17, 15) is 5.11 Å². The highest BCUT2D eigenvalue weighted by Crippen LogP contribution is 2.20. The van der Waals surface area contributed by atoms with E-state index in [-0.39, 0.29) is 6.10 Å². The summed E-state index contributed by atoms with van der Waals surface area (Å²) >= 11 is 1.63. The number of hydrogen-bond donors (Lipinski definition) is 2. The molecule has 0 amide bonds. The van der Waals surface area contributed by atoms with E-state index < -0.39 is 0 Å². The van der Waals surface area contributed by atoms with Gasteiger partial charge in [-0.05, 0) is 31.8 Å². The third-order valence-electron chi connectivity index (χ3n) is 2.80. The highest BCUT2D eigenvalue weighted by molar-refractivity contribution is 7.09. The summed E-state index contributed by atoms with van der Waals surface area (Å²) in [5, 5.41) is 16.3. The molecule has 2 N–H and O–H groups in total. The summed E-state index contributed by atoms with van der Waals surface area (Å²) in [7, 11) is 0. The van der Waals surface area contributed by atoms with E-state index in [1.54, 1.807) is 17.5 Å². The maximum Gasteiger partial charge on any atom is 0.0950 e. The predicted molar refractivity (Wildman–Crippen MR) is 57.4 cm³/mol. The van der Waals surface area contributed by atoms with Crippen molar-refractivity contribution in [3.8, 4) is 0 Å². The lowest BCUT2D eigenvalue weighted by molar-refractivity contribution is 0.0890. The molecule has 0 aromatic carbocycles. The van der Waals surface area contributed by atoms with Crippen molar-refractivity contribution in [3.05, 3.63) is 16.6 Å². The van der Waals surface area contributed by atoms with Crippen LogP contribution in [0.5, 0.6) is 0 Å². The Labute approximate surface area is 88.2 Å². The van der Waals surface area contributed by atoms with E-state index >= 15 is 0 Å². The average Bonchev–Trinajstić information content (AvgIpc) is 2.72. The van der Waals surface area contributed by atoms with Crippen molar-refractivity contribution in [3.63, 3.8) is 0 Å². The first kappa shape index (κ1) is 10.1. The Morgan fingerprint density at radius 1 is 1.57 bits per heavy atom. The van der Waals surface area contributed by atoms with E-state index in [4.69, 9.17) is 0 Å². The average molecular weight is 212 g/mol. The Kier molecular flexibility index (Phi) is 3.50. The molecule has 14 heavy (non-hydrogen) atoms. The molecule has 0 aliphatic carbocycles. The summed E-state index contributed by atoms with van der Waals surface area (Å²) in [4.78, 5) is 4.19. The van der Waals surface area contributed by atoms with E-state index in [0.29, 0.717) is 5.92 Å². The SMILES string of the molecule is OC(Cc1nccs1)C1CCNCC1. The maximum absolute atomic E-state index is 9.98. The van der Waals surface area contributed by atoms with Gasteiger partial charge >= 0.3 is 0 Å². The van der Waals surface area contributed by atoms with Crippen LogP contribution < -0.4 is 5.32 Å². The number of thiazole rings is 1. The van der Waals surface area contributed by atoms with Crippen molar-refractivity contribution in [1.29, 1.82) is 0 Å². The van der Waals surface area contributed by atoms with E-state index in [0.717, 1.165) is 37.4 Å². The van der Waals surface area contributed by atoms with Crippen LogP contribution in [0.15, 0.2) is 11.6 Å². The Balaban J connectivity index is 1.85. The molecule has 1 aromatic heterocycles. The molecule has 0 saturated carbocycles. The van der Waals surface area contributed by atoms with Crippen molar-refractivity contribution in [2.24, 2.45) is 5.92 Å². The molecule has 0 bridgehead atoms. The molecule has 2 heterocycles. The summed E-state index contributed by atoms with van der Waals surface area (Å²) in [6.45, 7) is 2.08. The van der Waals surface area contributed by atoms with Gasteiger partial charge in [0.1, 0.15) is 0 Å². The minimum Gasteiger partial charge on any atom is -0.392 e.